The van der Waals surface area contributed by atoms with Crippen LogP contribution < -0.4 is 19.5 Å². The van der Waals surface area contributed by atoms with Crippen LogP contribution in [0.25, 0.3) is 0 Å². The summed E-state index contributed by atoms with van der Waals surface area (Å²) in [5.41, 5.74) is -1.04. The molecule has 456 valence electrons. The number of carbonyl (C=O) groups is 9. The molecule has 0 aromatic heterocycles. The molecule has 0 aliphatic carbocycles. The summed E-state index contributed by atoms with van der Waals surface area (Å²) < 4.78 is 50.4. The maximum atomic E-state index is 15.8. The number of halogens is 1. The highest BCUT2D eigenvalue weighted by molar-refractivity contribution is 6.38. The van der Waals surface area contributed by atoms with Crippen molar-refractivity contribution >= 4 is 53.2 Å². The summed E-state index contributed by atoms with van der Waals surface area (Å²) in [6.07, 6.45) is 3.98. The summed E-state index contributed by atoms with van der Waals surface area (Å²) in [5.74, 6) is -6.62. The lowest BCUT2D eigenvalue weighted by Gasteiger charge is -2.37. The van der Waals surface area contributed by atoms with E-state index in [0.29, 0.717) is 42.7 Å². The molecule has 3 heterocycles. The van der Waals surface area contributed by atoms with E-state index in [1.165, 1.54) is 75.9 Å². The Bertz CT molecular complexity index is 2910. The number of likely N-dealkylation sites (N-methyl/N-ethyl adjacent to an activating group) is 3. The van der Waals surface area contributed by atoms with E-state index >= 15 is 4.39 Å². The molecule has 3 aromatic carbocycles. The fraction of sp³-hybridized carbons (Fsp3) is 0.532. The van der Waals surface area contributed by atoms with E-state index < -0.39 is 114 Å². The summed E-state index contributed by atoms with van der Waals surface area (Å²) in [6, 6.07) is 11.2. The van der Waals surface area contributed by atoms with Gasteiger partial charge in [0.1, 0.15) is 54.5 Å². The molecule has 3 aromatic rings. The number of ketones is 1. The number of Topliss-reactive ketones (excluding diaryl/α,β-unsaturated/α-hetero) is 1. The second-order valence-electron chi connectivity index (χ2n) is 23.1. The standard InChI is InChI=1S/C62H81FN6O15/c1-39-55(73)64-53(41-20-13-12-14-21-41)58(76)67(9)47(36-83-61(2,3)4)57(75)68-31-19-23-45(68)56(74)65(7)29-17-16-24-52(71)82-38-62(5,6)54(72)59(77)69-30-18-15-22-46(69)60(78)84-48(27-25-40-26-28-49(79-10)50(32-40)80-11)42-33-43(63)35-44(34-42)81-37-51(70)66(39)8/h12-14,16,20-21,24,26,28,32-35,39,45-48,53H,15,17-19,22-23,25,27,29-31,36-38H2,1-11H3,(H,64,73)/b24-16+/t39-,45-,46-,47-,48+,53-/m0/s1. The van der Waals surface area contributed by atoms with Gasteiger partial charge in [-0.05, 0) is 134 Å². The van der Waals surface area contributed by atoms with Crippen LogP contribution in [0.2, 0.25) is 0 Å². The van der Waals surface area contributed by atoms with Gasteiger partial charge >= 0.3 is 11.9 Å². The highest BCUT2D eigenvalue weighted by atomic mass is 19.1. The molecular formula is C62H81FN6O15. The third kappa shape index (κ3) is 16.9. The number of nitrogens with one attached hydrogen (secondary N) is 1. The van der Waals surface area contributed by atoms with E-state index in [1.54, 1.807) is 76.3 Å². The van der Waals surface area contributed by atoms with Gasteiger partial charge in [-0.2, -0.15) is 0 Å². The number of amides is 6. The molecule has 2 saturated heterocycles. The van der Waals surface area contributed by atoms with Crippen LogP contribution in [-0.4, -0.2) is 182 Å². The van der Waals surface area contributed by atoms with Crippen molar-refractivity contribution in [1.82, 2.24) is 29.8 Å². The van der Waals surface area contributed by atoms with Gasteiger partial charge in [0.15, 0.2) is 18.1 Å². The Labute approximate surface area is 491 Å². The molecule has 2 fully saturated rings. The molecule has 2 bridgehead atoms. The maximum absolute atomic E-state index is 15.8. The van der Waals surface area contributed by atoms with Crippen LogP contribution in [0.4, 0.5) is 4.39 Å². The zero-order valence-corrected chi connectivity index (χ0v) is 50.1. The Kier molecular flexibility index (Phi) is 22.6. The van der Waals surface area contributed by atoms with E-state index in [9.17, 15) is 43.2 Å². The molecular weight excluding hydrogens is 1090 g/mol. The minimum Gasteiger partial charge on any atom is -0.493 e. The molecule has 6 amide bonds. The number of nitrogens with zero attached hydrogens (tertiary/aromatic N) is 5. The lowest BCUT2D eigenvalue weighted by molar-refractivity contribution is -0.165. The Balaban J connectivity index is 1.34. The highest BCUT2D eigenvalue weighted by Gasteiger charge is 2.45. The third-order valence-electron chi connectivity index (χ3n) is 15.3. The fourth-order valence-electron chi connectivity index (χ4n) is 10.1. The first-order valence-electron chi connectivity index (χ1n) is 28.4. The summed E-state index contributed by atoms with van der Waals surface area (Å²) in [4.78, 5) is 134. The molecule has 6 rings (SSSR count). The normalized spacial score (nSPS) is 24.0. The number of methoxy groups -OCH3 is 2. The van der Waals surface area contributed by atoms with E-state index in [-0.39, 0.29) is 69.1 Å². The number of aryl methyl sites for hydroxylation is 1. The second kappa shape index (κ2) is 29.1. The molecule has 84 heavy (non-hydrogen) atoms. The van der Waals surface area contributed by atoms with Gasteiger partial charge in [-0.15, -0.1) is 0 Å². The lowest BCUT2D eigenvalue weighted by Crippen LogP contribution is -2.58. The van der Waals surface area contributed by atoms with E-state index in [0.717, 1.165) is 33.6 Å². The average molecular weight is 1170 g/mol. The molecule has 0 unspecified atom stereocenters. The van der Waals surface area contributed by atoms with Crippen molar-refractivity contribution in [3.8, 4) is 17.2 Å². The van der Waals surface area contributed by atoms with Crippen LogP contribution in [-0.2, 0) is 63.8 Å². The molecule has 0 saturated carbocycles. The van der Waals surface area contributed by atoms with Crippen molar-refractivity contribution in [2.45, 2.75) is 135 Å². The quantitative estimate of drug-likeness (QED) is 0.210. The van der Waals surface area contributed by atoms with Crippen molar-refractivity contribution in [3.63, 3.8) is 0 Å². The van der Waals surface area contributed by atoms with Crippen LogP contribution in [0.15, 0.2) is 78.9 Å². The van der Waals surface area contributed by atoms with Crippen molar-refractivity contribution in [2.24, 2.45) is 5.41 Å². The average Bonchev–Trinajstić information content (AvgIpc) is 3.27. The molecule has 3 aliphatic heterocycles. The molecule has 22 heteroatoms. The number of hydrogen-bond acceptors (Lipinski definition) is 15. The Morgan fingerprint density at radius 2 is 1.43 bits per heavy atom. The molecule has 3 aliphatic rings. The smallest absolute Gasteiger partial charge is 0.330 e. The first-order valence-corrected chi connectivity index (χ1v) is 28.4. The summed E-state index contributed by atoms with van der Waals surface area (Å²) >= 11 is 0. The first-order chi connectivity index (χ1) is 39.7. The summed E-state index contributed by atoms with van der Waals surface area (Å²) in [7, 11) is 7.34. The minimum atomic E-state index is -1.54. The molecule has 21 nitrogen and oxygen atoms in total. The third-order valence-corrected chi connectivity index (χ3v) is 15.3. The largest absolute Gasteiger partial charge is 0.493 e. The predicted octanol–water partition coefficient (Wildman–Crippen LogP) is 5.71. The van der Waals surface area contributed by atoms with Gasteiger partial charge in [0.05, 0.1) is 31.8 Å². The molecule has 6 atom stereocenters. The van der Waals surface area contributed by atoms with Gasteiger partial charge in [0.2, 0.25) is 29.4 Å². The van der Waals surface area contributed by atoms with Crippen molar-refractivity contribution in [2.75, 3.05) is 74.8 Å². The van der Waals surface area contributed by atoms with Crippen molar-refractivity contribution in [1.29, 1.82) is 0 Å². The predicted molar refractivity (Wildman–Crippen MR) is 306 cm³/mol. The number of rotatable bonds is 8. The van der Waals surface area contributed by atoms with Crippen molar-refractivity contribution in [3.05, 3.63) is 101 Å². The molecule has 0 spiro atoms. The topological polar surface area (TPSA) is 237 Å². The number of carbonyl (C=O) groups excluding carboxylic acids is 9. The monoisotopic (exact) mass is 1170 g/mol. The van der Waals surface area contributed by atoms with E-state index in [1.807, 2.05) is 0 Å². The SMILES string of the molecule is COc1ccc(CC[C@H]2OC(=O)[C@@H]3CCCCN3C(=O)C(=O)C(C)(C)COC(=O)/C=C/CCN(C)C(=O)[C@@H]3CCCN3C(=O)[C@H](COC(C)(C)C)N(C)C(=O)[C@H](c3ccccc3)NC(=O)[C@H](C)N(C)C(=O)COc3cc(F)cc2c3)cc1OC. The van der Waals surface area contributed by atoms with Gasteiger partial charge in [-0.1, -0.05) is 42.5 Å². The van der Waals surface area contributed by atoms with E-state index in [2.05, 4.69) is 5.32 Å². The van der Waals surface area contributed by atoms with Gasteiger partial charge in [-0.3, -0.25) is 33.6 Å². The van der Waals surface area contributed by atoms with Gasteiger partial charge in [0.25, 0.3) is 11.8 Å². The first kappa shape index (κ1) is 65.3. The van der Waals surface area contributed by atoms with Crippen LogP contribution in [0.1, 0.15) is 115 Å². The summed E-state index contributed by atoms with van der Waals surface area (Å²) in [5, 5.41) is 2.79. The van der Waals surface area contributed by atoms with Gasteiger partial charge < -0.3 is 58.2 Å². The zero-order valence-electron chi connectivity index (χ0n) is 50.1. The summed E-state index contributed by atoms with van der Waals surface area (Å²) in [6.45, 7) is 8.67. The number of piperidine rings is 1. The van der Waals surface area contributed by atoms with E-state index in [4.69, 9.17) is 28.4 Å². The zero-order chi connectivity index (χ0) is 61.6. The fourth-order valence-corrected chi connectivity index (χ4v) is 10.1. The number of ether oxygens (including phenoxy) is 6. The van der Waals surface area contributed by atoms with Gasteiger partial charge in [-0.25, -0.2) is 14.0 Å². The Hall–Kier alpha value is -7.88. The Morgan fingerprint density at radius 1 is 0.738 bits per heavy atom. The molecule has 1 N–H and O–H groups in total. The highest BCUT2D eigenvalue weighted by Crippen LogP contribution is 2.34. The van der Waals surface area contributed by atoms with Gasteiger partial charge in [0, 0.05) is 52.9 Å². The lowest BCUT2D eigenvalue weighted by atomic mass is 9.87. The maximum Gasteiger partial charge on any atom is 0.330 e. The molecule has 0 radical (unpaired) electrons. The number of cyclic esters (lactones) is 2. The van der Waals surface area contributed by atoms with Crippen LogP contribution >= 0.6 is 0 Å². The number of hydrogen-bond donors (Lipinski definition) is 1. The number of esters is 2. The van der Waals surface area contributed by atoms with Crippen LogP contribution in [0, 0.1) is 11.2 Å². The minimum absolute atomic E-state index is 0.0436. The number of benzene rings is 3. The second-order valence-corrected chi connectivity index (χ2v) is 23.1. The number of fused-ring (bicyclic) bond motifs is 4. The van der Waals surface area contributed by atoms with Crippen LogP contribution in [0.3, 0.4) is 0 Å². The van der Waals surface area contributed by atoms with Crippen molar-refractivity contribution < 1.29 is 76.0 Å². The van der Waals surface area contributed by atoms with Crippen LogP contribution in [0.5, 0.6) is 17.2 Å². The Morgan fingerprint density at radius 3 is 2.12 bits per heavy atom.